The molecule has 2 aliphatic rings. The summed E-state index contributed by atoms with van der Waals surface area (Å²) in [6, 6.07) is 3.03. The third kappa shape index (κ3) is 3.72. The topological polar surface area (TPSA) is 86.3 Å². The number of carbonyl (C=O) groups excluding carboxylic acids is 2. The van der Waals surface area contributed by atoms with E-state index in [-0.39, 0.29) is 0 Å². The van der Waals surface area contributed by atoms with Gasteiger partial charge >= 0.3 is 11.8 Å². The molecule has 0 unspecified atom stereocenters. The zero-order valence-electron chi connectivity index (χ0n) is 14.7. The highest BCUT2D eigenvalue weighted by molar-refractivity contribution is 6.40. The van der Waals surface area contributed by atoms with Gasteiger partial charge in [0.05, 0.1) is 38.1 Å². The van der Waals surface area contributed by atoms with E-state index in [9.17, 15) is 9.59 Å². The molecule has 2 heterocycles. The molecule has 0 saturated carbocycles. The average molecular weight is 385 g/mol. The van der Waals surface area contributed by atoms with Gasteiger partial charge in [0.1, 0.15) is 11.5 Å². The molecule has 1 spiro atoms. The molecule has 1 aromatic carbocycles. The van der Waals surface area contributed by atoms with Crippen molar-refractivity contribution in [2.24, 2.45) is 0 Å². The van der Waals surface area contributed by atoms with Gasteiger partial charge in [0.25, 0.3) is 0 Å². The molecule has 0 aromatic heterocycles. The van der Waals surface area contributed by atoms with Crippen molar-refractivity contribution in [3.8, 4) is 11.5 Å². The first kappa shape index (κ1) is 18.8. The Bertz CT molecular complexity index is 695. The summed E-state index contributed by atoms with van der Waals surface area (Å²) in [5.41, 5.74) is 0.308. The lowest BCUT2D eigenvalue weighted by molar-refractivity contribution is -0.187. The van der Waals surface area contributed by atoms with E-state index in [0.29, 0.717) is 61.4 Å². The molecule has 2 fully saturated rings. The van der Waals surface area contributed by atoms with Crippen LogP contribution in [0.2, 0.25) is 5.02 Å². The fourth-order valence-electron chi connectivity index (χ4n) is 3.11. The Balaban J connectivity index is 1.65. The Morgan fingerprint density at radius 1 is 1.12 bits per heavy atom. The molecule has 3 rings (SSSR count). The molecule has 9 heteroatoms. The number of amides is 2. The zero-order chi connectivity index (χ0) is 18.7. The van der Waals surface area contributed by atoms with Gasteiger partial charge in [0, 0.05) is 38.1 Å². The third-order valence-electron chi connectivity index (χ3n) is 4.54. The molecule has 2 aliphatic heterocycles. The molecule has 2 saturated heterocycles. The number of methoxy groups -OCH3 is 2. The van der Waals surface area contributed by atoms with Crippen LogP contribution in [-0.2, 0) is 19.1 Å². The minimum Gasteiger partial charge on any atom is -0.495 e. The molecule has 0 atom stereocenters. The van der Waals surface area contributed by atoms with Crippen LogP contribution in [-0.4, -0.2) is 63.0 Å². The SMILES string of the molecule is COc1cc(NC(=O)C(=O)N2CCC3(CC2)OCCO3)c(OC)cc1Cl. The standard InChI is InChI=1S/C17H21ClN2O6/c1-23-13-10-12(14(24-2)9-11(13)18)19-15(21)16(22)20-5-3-17(4-6-20)25-7-8-26-17/h9-10H,3-8H2,1-2H3,(H,19,21). The third-order valence-corrected chi connectivity index (χ3v) is 4.84. The number of nitrogens with one attached hydrogen (secondary N) is 1. The lowest BCUT2D eigenvalue weighted by Crippen LogP contribution is -2.50. The molecule has 26 heavy (non-hydrogen) atoms. The summed E-state index contributed by atoms with van der Waals surface area (Å²) in [4.78, 5) is 26.3. The van der Waals surface area contributed by atoms with Crippen LogP contribution >= 0.6 is 11.6 Å². The molecule has 2 amide bonds. The molecule has 0 aliphatic carbocycles. The van der Waals surface area contributed by atoms with Gasteiger partial charge in [-0.1, -0.05) is 11.6 Å². The lowest BCUT2D eigenvalue weighted by Gasteiger charge is -2.37. The number of benzene rings is 1. The largest absolute Gasteiger partial charge is 0.495 e. The van der Waals surface area contributed by atoms with Gasteiger partial charge in [0.15, 0.2) is 5.79 Å². The maximum absolute atomic E-state index is 12.5. The minimum atomic E-state index is -0.753. The van der Waals surface area contributed by atoms with Gasteiger partial charge in [-0.25, -0.2) is 0 Å². The Labute approximate surface area is 156 Å². The predicted octanol–water partition coefficient (Wildman–Crippen LogP) is 1.66. The van der Waals surface area contributed by atoms with Crippen molar-refractivity contribution >= 4 is 29.1 Å². The number of hydrogen-bond donors (Lipinski definition) is 1. The summed E-state index contributed by atoms with van der Waals surface area (Å²) >= 11 is 6.04. The second-order valence-corrected chi connectivity index (χ2v) is 6.45. The lowest BCUT2D eigenvalue weighted by atomic mass is 10.0. The Kier molecular flexibility index (Phi) is 5.55. The Hall–Kier alpha value is -2.03. The van der Waals surface area contributed by atoms with Crippen LogP contribution in [0.25, 0.3) is 0 Å². The van der Waals surface area contributed by atoms with E-state index >= 15 is 0 Å². The quantitative estimate of drug-likeness (QED) is 0.798. The van der Waals surface area contributed by atoms with Crippen LogP contribution in [0.5, 0.6) is 11.5 Å². The summed E-state index contributed by atoms with van der Waals surface area (Å²) < 4.78 is 21.6. The molecule has 142 valence electrons. The highest BCUT2D eigenvalue weighted by Crippen LogP contribution is 2.36. The van der Waals surface area contributed by atoms with E-state index in [1.165, 1.54) is 31.3 Å². The van der Waals surface area contributed by atoms with Crippen LogP contribution in [0, 0.1) is 0 Å². The zero-order valence-corrected chi connectivity index (χ0v) is 15.4. The van der Waals surface area contributed by atoms with Crippen molar-refractivity contribution in [1.82, 2.24) is 4.90 Å². The van der Waals surface area contributed by atoms with E-state index in [1.807, 2.05) is 0 Å². The molecule has 0 radical (unpaired) electrons. The van der Waals surface area contributed by atoms with Gasteiger partial charge in [-0.3, -0.25) is 9.59 Å². The number of carbonyl (C=O) groups is 2. The van der Waals surface area contributed by atoms with Crippen molar-refractivity contribution in [2.75, 3.05) is 45.8 Å². The first-order valence-corrected chi connectivity index (χ1v) is 8.65. The number of hydrogen-bond acceptors (Lipinski definition) is 6. The number of halogens is 1. The molecule has 1 aromatic rings. The van der Waals surface area contributed by atoms with E-state index in [2.05, 4.69) is 5.32 Å². The van der Waals surface area contributed by atoms with Crippen LogP contribution in [0.1, 0.15) is 12.8 Å². The van der Waals surface area contributed by atoms with E-state index < -0.39 is 17.6 Å². The molecular weight excluding hydrogens is 364 g/mol. The summed E-state index contributed by atoms with van der Waals surface area (Å²) in [6.07, 6.45) is 1.09. The summed E-state index contributed by atoms with van der Waals surface area (Å²) in [6.45, 7) is 1.92. The molecule has 0 bridgehead atoms. The van der Waals surface area contributed by atoms with Crippen molar-refractivity contribution in [2.45, 2.75) is 18.6 Å². The monoisotopic (exact) mass is 384 g/mol. The van der Waals surface area contributed by atoms with Gasteiger partial charge in [0.2, 0.25) is 0 Å². The van der Waals surface area contributed by atoms with Crippen LogP contribution in [0.15, 0.2) is 12.1 Å². The minimum absolute atomic E-state index is 0.308. The summed E-state index contributed by atoms with van der Waals surface area (Å²) in [5, 5.41) is 2.90. The van der Waals surface area contributed by atoms with E-state index in [4.69, 9.17) is 30.5 Å². The summed E-state index contributed by atoms with van der Waals surface area (Å²) in [5.74, 6) is -1.27. The Morgan fingerprint density at radius 2 is 1.73 bits per heavy atom. The highest BCUT2D eigenvalue weighted by atomic mass is 35.5. The van der Waals surface area contributed by atoms with Gasteiger partial charge in [-0.15, -0.1) is 0 Å². The number of ether oxygens (including phenoxy) is 4. The Morgan fingerprint density at radius 3 is 2.31 bits per heavy atom. The van der Waals surface area contributed by atoms with Gasteiger partial charge in [-0.05, 0) is 0 Å². The number of anilines is 1. The van der Waals surface area contributed by atoms with Crippen molar-refractivity contribution in [1.29, 1.82) is 0 Å². The highest BCUT2D eigenvalue weighted by Gasteiger charge is 2.41. The van der Waals surface area contributed by atoms with Gasteiger partial charge in [-0.2, -0.15) is 0 Å². The first-order valence-electron chi connectivity index (χ1n) is 8.28. The summed E-state index contributed by atoms with van der Waals surface area (Å²) in [7, 11) is 2.91. The maximum atomic E-state index is 12.5. The van der Waals surface area contributed by atoms with Crippen molar-refractivity contribution in [3.63, 3.8) is 0 Å². The maximum Gasteiger partial charge on any atom is 0.314 e. The fraction of sp³-hybridized carbons (Fsp3) is 0.529. The van der Waals surface area contributed by atoms with Crippen LogP contribution in [0.3, 0.4) is 0 Å². The molecule has 1 N–H and O–H groups in total. The number of nitrogens with zero attached hydrogens (tertiary/aromatic N) is 1. The normalized spacial score (nSPS) is 18.7. The van der Waals surface area contributed by atoms with E-state index in [1.54, 1.807) is 0 Å². The fourth-order valence-corrected chi connectivity index (χ4v) is 3.34. The molecular formula is C17H21ClN2O6. The number of rotatable bonds is 3. The average Bonchev–Trinajstić information content (AvgIpc) is 3.10. The first-order chi connectivity index (χ1) is 12.5. The number of likely N-dealkylation sites (tertiary alicyclic amines) is 1. The molecule has 8 nitrogen and oxygen atoms in total. The van der Waals surface area contributed by atoms with Crippen molar-refractivity contribution < 1.29 is 28.5 Å². The van der Waals surface area contributed by atoms with Gasteiger partial charge < -0.3 is 29.2 Å². The van der Waals surface area contributed by atoms with Crippen molar-refractivity contribution in [3.05, 3.63) is 17.2 Å². The van der Waals surface area contributed by atoms with Crippen LogP contribution < -0.4 is 14.8 Å². The second kappa shape index (κ2) is 7.69. The second-order valence-electron chi connectivity index (χ2n) is 6.04. The van der Waals surface area contributed by atoms with Crippen LogP contribution in [0.4, 0.5) is 5.69 Å². The van der Waals surface area contributed by atoms with E-state index in [0.717, 1.165) is 0 Å². The number of piperidine rings is 1. The predicted molar refractivity (Wildman–Crippen MR) is 93.6 cm³/mol. The smallest absolute Gasteiger partial charge is 0.314 e.